The summed E-state index contributed by atoms with van der Waals surface area (Å²) in [6.45, 7) is 14.1. The highest BCUT2D eigenvalue weighted by atomic mass is 16.5. The largest absolute Gasteiger partial charge is 0.493 e. The molecular weight excluding hydrogens is 538 g/mol. The van der Waals surface area contributed by atoms with Crippen molar-refractivity contribution in [2.75, 3.05) is 34.0 Å². The van der Waals surface area contributed by atoms with Gasteiger partial charge in [-0.15, -0.1) is 0 Å². The molecule has 10 heteroatoms. The number of primary amides is 1. The number of hydrogen-bond acceptors (Lipinski definition) is 8. The zero-order valence-electron chi connectivity index (χ0n) is 27.2. The topological polar surface area (TPSA) is 152 Å². The van der Waals surface area contributed by atoms with Crippen LogP contribution in [0.4, 0.5) is 0 Å². The third kappa shape index (κ3) is 12.6. The fourth-order valence-electron chi connectivity index (χ4n) is 4.72. The molecule has 0 aliphatic heterocycles. The van der Waals surface area contributed by atoms with Crippen LogP contribution in [0, 0.1) is 29.1 Å². The van der Waals surface area contributed by atoms with Crippen LogP contribution in [0.3, 0.4) is 0 Å². The molecule has 0 heterocycles. The summed E-state index contributed by atoms with van der Waals surface area (Å²) in [5, 5.41) is 2.86. The Hall–Kier alpha value is -2.85. The summed E-state index contributed by atoms with van der Waals surface area (Å²) in [7, 11) is 3.28. The third-order valence-electron chi connectivity index (χ3n) is 7.79. The van der Waals surface area contributed by atoms with Gasteiger partial charge in [0, 0.05) is 45.6 Å². The maximum Gasteiger partial charge on any atom is 0.302 e. The Morgan fingerprint density at radius 2 is 1.64 bits per heavy atom. The van der Waals surface area contributed by atoms with E-state index in [1.165, 1.54) is 6.92 Å². The molecule has 42 heavy (non-hydrogen) atoms. The van der Waals surface area contributed by atoms with Crippen molar-refractivity contribution in [2.24, 2.45) is 40.6 Å². The number of carbonyl (C=O) groups is 3. The number of carbonyl (C=O) groups excluding carboxylic acids is 3. The van der Waals surface area contributed by atoms with Gasteiger partial charge in [0.15, 0.2) is 11.5 Å². The molecule has 1 unspecified atom stereocenters. The maximum atomic E-state index is 13.2. The van der Waals surface area contributed by atoms with Crippen molar-refractivity contribution in [3.05, 3.63) is 23.8 Å². The van der Waals surface area contributed by atoms with Crippen LogP contribution >= 0.6 is 0 Å². The molecule has 240 valence electrons. The van der Waals surface area contributed by atoms with E-state index < -0.39 is 35.4 Å². The Bertz CT molecular complexity index is 996. The number of hydrogen-bond donors (Lipinski definition) is 3. The van der Waals surface area contributed by atoms with Crippen LogP contribution in [0.2, 0.25) is 0 Å². The SMILES string of the molecule is COCCCOc1cc(C[C@@H](CC(N)[C@H](C[C@H](C(=O)NCC(C)(C)C(N)=O)C(C)C)OC(C)=O)C(C)C)ccc1OC. The molecule has 0 fully saturated rings. The average molecular weight is 594 g/mol. The molecule has 0 radical (unpaired) electrons. The second kappa shape index (κ2) is 18.0. The molecule has 0 saturated heterocycles. The highest BCUT2D eigenvalue weighted by molar-refractivity contribution is 5.83. The highest BCUT2D eigenvalue weighted by Gasteiger charge is 2.34. The van der Waals surface area contributed by atoms with E-state index in [0.29, 0.717) is 37.1 Å². The number of amides is 2. The van der Waals surface area contributed by atoms with E-state index in [4.69, 9.17) is 30.4 Å². The van der Waals surface area contributed by atoms with Crippen LogP contribution in [0.25, 0.3) is 0 Å². The molecule has 4 atom stereocenters. The summed E-state index contributed by atoms with van der Waals surface area (Å²) in [6, 6.07) is 5.45. The van der Waals surface area contributed by atoms with Crippen LogP contribution in [-0.4, -0.2) is 63.9 Å². The molecular formula is C32H55N3O7. The second-order valence-corrected chi connectivity index (χ2v) is 12.5. The minimum atomic E-state index is -0.885. The molecule has 2 amide bonds. The second-order valence-electron chi connectivity index (χ2n) is 12.5. The third-order valence-corrected chi connectivity index (χ3v) is 7.79. The fraction of sp³-hybridized carbons (Fsp3) is 0.719. The normalized spacial score (nSPS) is 14.7. The van der Waals surface area contributed by atoms with Gasteiger partial charge < -0.3 is 35.7 Å². The maximum absolute atomic E-state index is 13.2. The van der Waals surface area contributed by atoms with Gasteiger partial charge >= 0.3 is 5.97 Å². The van der Waals surface area contributed by atoms with Crippen molar-refractivity contribution in [3.8, 4) is 11.5 Å². The Morgan fingerprint density at radius 1 is 0.976 bits per heavy atom. The average Bonchev–Trinajstić information content (AvgIpc) is 2.91. The number of esters is 1. The molecule has 0 aromatic heterocycles. The van der Waals surface area contributed by atoms with Crippen molar-refractivity contribution < 1.29 is 33.3 Å². The van der Waals surface area contributed by atoms with Crippen LogP contribution in [0.15, 0.2) is 18.2 Å². The van der Waals surface area contributed by atoms with E-state index in [0.717, 1.165) is 18.4 Å². The van der Waals surface area contributed by atoms with E-state index in [2.05, 4.69) is 19.2 Å². The Morgan fingerprint density at radius 3 is 2.17 bits per heavy atom. The summed E-state index contributed by atoms with van der Waals surface area (Å²) < 4.78 is 22.3. The van der Waals surface area contributed by atoms with Crippen molar-refractivity contribution in [2.45, 2.75) is 86.3 Å². The standard InChI is InChI=1S/C32H55N3O7/c1-20(2)24(15-23-11-12-27(40-9)29(16-23)41-14-10-13-39-8)17-26(33)28(42-22(5)36)18-25(21(3)4)30(37)35-19-32(6,7)31(34)38/h11-12,16,20-21,24-26,28H,10,13-15,17-19,33H2,1-9H3,(H2,34,38)(H,35,37)/t24-,25-,26?,28-/m0/s1. The van der Waals surface area contributed by atoms with Crippen LogP contribution in [0.1, 0.15) is 73.3 Å². The summed E-state index contributed by atoms with van der Waals surface area (Å²) in [5.41, 5.74) is 12.4. The lowest BCUT2D eigenvalue weighted by molar-refractivity contribution is -0.150. The molecule has 1 aromatic rings. The van der Waals surface area contributed by atoms with Gasteiger partial charge in [-0.3, -0.25) is 14.4 Å². The molecule has 0 bridgehead atoms. The molecule has 1 aromatic carbocycles. The van der Waals surface area contributed by atoms with Crippen molar-refractivity contribution in [1.29, 1.82) is 0 Å². The zero-order valence-corrected chi connectivity index (χ0v) is 27.2. The lowest BCUT2D eigenvalue weighted by atomic mass is 9.80. The summed E-state index contributed by atoms with van der Waals surface area (Å²) >= 11 is 0. The van der Waals surface area contributed by atoms with Gasteiger partial charge in [0.05, 0.1) is 19.1 Å². The van der Waals surface area contributed by atoms with Crippen molar-refractivity contribution in [3.63, 3.8) is 0 Å². The summed E-state index contributed by atoms with van der Waals surface area (Å²) in [5.74, 6) is 0.139. The van der Waals surface area contributed by atoms with Crippen molar-refractivity contribution >= 4 is 17.8 Å². The zero-order chi connectivity index (χ0) is 32.0. The summed E-state index contributed by atoms with van der Waals surface area (Å²) in [4.78, 5) is 37.0. The molecule has 1 rings (SSSR count). The lowest BCUT2D eigenvalue weighted by Crippen LogP contribution is -2.47. The van der Waals surface area contributed by atoms with Gasteiger partial charge in [-0.1, -0.05) is 33.8 Å². The molecule has 5 N–H and O–H groups in total. The number of benzene rings is 1. The van der Waals surface area contributed by atoms with Crippen LogP contribution in [-0.2, 0) is 30.3 Å². The fourth-order valence-corrected chi connectivity index (χ4v) is 4.72. The molecule has 0 aliphatic carbocycles. The van der Waals surface area contributed by atoms with E-state index in [-0.39, 0.29) is 30.7 Å². The minimum Gasteiger partial charge on any atom is -0.493 e. The van der Waals surface area contributed by atoms with Crippen LogP contribution < -0.4 is 26.3 Å². The van der Waals surface area contributed by atoms with Gasteiger partial charge in [0.25, 0.3) is 0 Å². The molecule has 0 aliphatic rings. The molecule has 10 nitrogen and oxygen atoms in total. The number of methoxy groups -OCH3 is 2. The Labute approximate surface area is 252 Å². The molecule has 0 saturated carbocycles. The quantitative estimate of drug-likeness (QED) is 0.152. The van der Waals surface area contributed by atoms with Gasteiger partial charge in [0.1, 0.15) is 6.10 Å². The number of ether oxygens (including phenoxy) is 4. The minimum absolute atomic E-state index is 0.0468. The predicted molar refractivity (Wildman–Crippen MR) is 164 cm³/mol. The monoisotopic (exact) mass is 593 g/mol. The van der Waals surface area contributed by atoms with Gasteiger partial charge in [-0.2, -0.15) is 0 Å². The van der Waals surface area contributed by atoms with Crippen LogP contribution in [0.5, 0.6) is 11.5 Å². The first-order chi connectivity index (χ1) is 19.6. The number of nitrogens with two attached hydrogens (primary N) is 2. The van der Waals surface area contributed by atoms with E-state index in [1.54, 1.807) is 28.1 Å². The van der Waals surface area contributed by atoms with Crippen molar-refractivity contribution in [1.82, 2.24) is 5.32 Å². The van der Waals surface area contributed by atoms with Gasteiger partial charge in [-0.05, 0) is 68.6 Å². The first-order valence-electron chi connectivity index (χ1n) is 14.9. The first-order valence-corrected chi connectivity index (χ1v) is 14.9. The molecule has 0 spiro atoms. The predicted octanol–water partition coefficient (Wildman–Crippen LogP) is 3.86. The number of nitrogens with one attached hydrogen (secondary N) is 1. The van der Waals surface area contributed by atoms with E-state index in [1.807, 2.05) is 32.0 Å². The Balaban J connectivity index is 3.08. The summed E-state index contributed by atoms with van der Waals surface area (Å²) in [6.07, 6.45) is 1.72. The first kappa shape index (κ1) is 37.2. The lowest BCUT2D eigenvalue weighted by Gasteiger charge is -2.32. The smallest absolute Gasteiger partial charge is 0.302 e. The van der Waals surface area contributed by atoms with Gasteiger partial charge in [0.2, 0.25) is 11.8 Å². The van der Waals surface area contributed by atoms with E-state index >= 15 is 0 Å². The van der Waals surface area contributed by atoms with Gasteiger partial charge in [-0.25, -0.2) is 0 Å². The number of rotatable bonds is 20. The highest BCUT2D eigenvalue weighted by Crippen LogP contribution is 2.32. The Kier molecular flexibility index (Phi) is 15.9. The van der Waals surface area contributed by atoms with E-state index in [9.17, 15) is 14.4 Å².